The number of rotatable bonds is 9. The Morgan fingerprint density at radius 2 is 1.66 bits per heavy atom. The van der Waals surface area contributed by atoms with Gasteiger partial charge >= 0.3 is 11.9 Å². The number of fused-ring (bicyclic) bond motifs is 2. The van der Waals surface area contributed by atoms with Gasteiger partial charge in [-0.15, -0.1) is 0 Å². The molecule has 44 heavy (non-hydrogen) atoms. The zero-order valence-electron chi connectivity index (χ0n) is 26.3. The first kappa shape index (κ1) is 31.8. The molecule has 0 saturated heterocycles. The van der Waals surface area contributed by atoms with Crippen LogP contribution >= 0.6 is 0 Å². The van der Waals surface area contributed by atoms with Gasteiger partial charge in [0.15, 0.2) is 11.6 Å². The second-order valence-electron chi connectivity index (χ2n) is 13.8. The van der Waals surface area contributed by atoms with Crippen LogP contribution in [0.1, 0.15) is 88.6 Å². The van der Waals surface area contributed by atoms with E-state index in [-0.39, 0.29) is 59.6 Å². The number of halogens is 1. The van der Waals surface area contributed by atoms with Gasteiger partial charge in [0.25, 0.3) is 5.91 Å². The predicted octanol–water partition coefficient (Wildman–Crippen LogP) is 6.39. The molecule has 3 aliphatic rings. The number of carbonyl (C=O) groups is 3. The third-order valence-corrected chi connectivity index (χ3v) is 9.43. The van der Waals surface area contributed by atoms with Crippen molar-refractivity contribution in [2.45, 2.75) is 97.0 Å². The van der Waals surface area contributed by atoms with Crippen molar-refractivity contribution >= 4 is 17.8 Å². The lowest BCUT2D eigenvalue weighted by atomic mass is 9.74. The molecule has 238 valence electrons. The first-order valence-electron chi connectivity index (χ1n) is 15.7. The predicted molar refractivity (Wildman–Crippen MR) is 162 cm³/mol. The van der Waals surface area contributed by atoms with Crippen LogP contribution in [0.2, 0.25) is 0 Å². The van der Waals surface area contributed by atoms with Crippen LogP contribution in [0.15, 0.2) is 42.5 Å². The van der Waals surface area contributed by atoms with Crippen molar-refractivity contribution in [3.63, 3.8) is 0 Å². The molecule has 4 atom stereocenters. The van der Waals surface area contributed by atoms with Gasteiger partial charge in [-0.3, -0.25) is 14.4 Å². The maximum Gasteiger partial charge on any atom is 0.312 e. The summed E-state index contributed by atoms with van der Waals surface area (Å²) in [6.45, 7) is 7.61. The first-order chi connectivity index (χ1) is 20.9. The van der Waals surface area contributed by atoms with E-state index in [4.69, 9.17) is 18.9 Å². The molecule has 2 aromatic carbocycles. The van der Waals surface area contributed by atoms with Crippen molar-refractivity contribution in [1.29, 1.82) is 0 Å². The van der Waals surface area contributed by atoms with Gasteiger partial charge in [0.1, 0.15) is 18.0 Å². The van der Waals surface area contributed by atoms with Gasteiger partial charge in [-0.2, -0.15) is 0 Å². The molecule has 9 heteroatoms. The van der Waals surface area contributed by atoms with Gasteiger partial charge in [0, 0.05) is 12.1 Å². The molecule has 3 aliphatic carbocycles. The summed E-state index contributed by atoms with van der Waals surface area (Å²) in [4.78, 5) is 39.7. The highest BCUT2D eigenvalue weighted by atomic mass is 19.1. The van der Waals surface area contributed by atoms with Gasteiger partial charge in [-0.1, -0.05) is 30.3 Å². The van der Waals surface area contributed by atoms with Crippen molar-refractivity contribution in [3.8, 4) is 11.5 Å². The summed E-state index contributed by atoms with van der Waals surface area (Å²) in [6, 6.07) is 11.7. The fourth-order valence-electron chi connectivity index (χ4n) is 7.00. The summed E-state index contributed by atoms with van der Waals surface area (Å²) in [5.41, 5.74) is -0.161. The van der Waals surface area contributed by atoms with Gasteiger partial charge in [-0.25, -0.2) is 4.39 Å². The van der Waals surface area contributed by atoms with Gasteiger partial charge < -0.3 is 24.3 Å². The molecule has 0 heterocycles. The fraction of sp³-hybridized carbons (Fsp3) is 0.571. The SMILES string of the molecule is COc1cc(F)c(O[C@H]2CC[C@@](C)(C(=O)OC(C)(C)C)CC2)cc1C(=O)N[C@@H]1[C@H]2CC[C@H](C2)[C@@H]1C(=O)OCc1ccccc1. The van der Waals surface area contributed by atoms with E-state index in [1.807, 2.05) is 58.0 Å². The summed E-state index contributed by atoms with van der Waals surface area (Å²) in [5, 5.41) is 3.07. The lowest BCUT2D eigenvalue weighted by Gasteiger charge is -2.37. The Bertz CT molecular complexity index is 1360. The zero-order valence-corrected chi connectivity index (χ0v) is 26.3. The second-order valence-corrected chi connectivity index (χ2v) is 13.8. The van der Waals surface area contributed by atoms with E-state index in [0.717, 1.165) is 30.9 Å². The number of esters is 2. The lowest BCUT2D eigenvalue weighted by Crippen LogP contribution is -2.47. The second kappa shape index (κ2) is 12.8. The summed E-state index contributed by atoms with van der Waals surface area (Å²) >= 11 is 0. The summed E-state index contributed by atoms with van der Waals surface area (Å²) in [5.74, 6) is -1.72. The standard InChI is InChI=1S/C35H44FNO7/c1-34(2,3)44-33(40)35(4)15-13-24(14-16-35)43-28-18-25(27(41-5)19-26(28)36)31(38)37-30-23-12-11-22(17-23)29(30)32(39)42-20-21-9-7-6-8-10-21/h6-10,18-19,22-24,29-30H,11-17,20H2,1-5H3,(H,37,38)/t22-,23+,24-,29+,30-,35+/m1/s1. The Hall–Kier alpha value is -3.62. The Balaban J connectivity index is 1.25. The molecule has 0 radical (unpaired) electrons. The van der Waals surface area contributed by atoms with Crippen LogP contribution in [0.3, 0.4) is 0 Å². The molecular formula is C35H44FNO7. The maximum absolute atomic E-state index is 15.1. The van der Waals surface area contributed by atoms with Crippen molar-refractivity contribution in [2.75, 3.05) is 7.11 Å². The monoisotopic (exact) mass is 609 g/mol. The van der Waals surface area contributed by atoms with Gasteiger partial charge in [-0.05, 0) is 96.1 Å². The summed E-state index contributed by atoms with van der Waals surface area (Å²) in [7, 11) is 1.38. The maximum atomic E-state index is 15.1. The minimum absolute atomic E-state index is 0.0476. The van der Waals surface area contributed by atoms with Crippen molar-refractivity contribution in [1.82, 2.24) is 5.32 Å². The molecule has 0 aromatic heterocycles. The van der Waals surface area contributed by atoms with E-state index in [9.17, 15) is 14.4 Å². The van der Waals surface area contributed by atoms with Gasteiger partial charge in [0.2, 0.25) is 0 Å². The van der Waals surface area contributed by atoms with Crippen molar-refractivity contribution < 1.29 is 37.7 Å². The van der Waals surface area contributed by atoms with Crippen LogP contribution in [-0.2, 0) is 25.7 Å². The zero-order chi connectivity index (χ0) is 31.6. The molecule has 0 unspecified atom stereocenters. The van der Waals surface area contributed by atoms with E-state index in [0.29, 0.717) is 25.7 Å². The average Bonchev–Trinajstić information content (AvgIpc) is 3.59. The van der Waals surface area contributed by atoms with Crippen LogP contribution in [0.5, 0.6) is 11.5 Å². The van der Waals surface area contributed by atoms with Crippen LogP contribution in [-0.4, -0.2) is 42.7 Å². The minimum Gasteiger partial charge on any atom is -0.496 e. The fourth-order valence-corrected chi connectivity index (χ4v) is 7.00. The highest BCUT2D eigenvalue weighted by Crippen LogP contribution is 2.49. The number of ether oxygens (including phenoxy) is 4. The Morgan fingerprint density at radius 1 is 0.977 bits per heavy atom. The molecule has 1 amide bonds. The summed E-state index contributed by atoms with van der Waals surface area (Å²) < 4.78 is 37.9. The van der Waals surface area contributed by atoms with Crippen LogP contribution < -0.4 is 14.8 Å². The third-order valence-electron chi connectivity index (χ3n) is 9.43. The van der Waals surface area contributed by atoms with E-state index < -0.39 is 28.7 Å². The number of methoxy groups -OCH3 is 1. The van der Waals surface area contributed by atoms with E-state index in [1.54, 1.807) is 0 Å². The molecule has 1 N–H and O–H groups in total. The first-order valence-corrected chi connectivity index (χ1v) is 15.7. The van der Waals surface area contributed by atoms with Crippen LogP contribution in [0, 0.1) is 29.0 Å². The molecule has 8 nitrogen and oxygen atoms in total. The molecular weight excluding hydrogens is 565 g/mol. The summed E-state index contributed by atoms with van der Waals surface area (Å²) in [6.07, 6.45) is 4.56. The largest absolute Gasteiger partial charge is 0.496 e. The van der Waals surface area contributed by atoms with Crippen molar-refractivity contribution in [3.05, 3.63) is 59.4 Å². The number of hydrogen-bond donors (Lipinski definition) is 1. The van der Waals surface area contributed by atoms with Gasteiger partial charge in [0.05, 0.1) is 30.1 Å². The highest BCUT2D eigenvalue weighted by molar-refractivity contribution is 5.98. The molecule has 5 rings (SSSR count). The molecule has 0 aliphatic heterocycles. The van der Waals surface area contributed by atoms with Crippen LogP contribution in [0.25, 0.3) is 0 Å². The van der Waals surface area contributed by atoms with E-state index >= 15 is 4.39 Å². The number of nitrogens with one attached hydrogen (secondary N) is 1. The molecule has 0 spiro atoms. The van der Waals surface area contributed by atoms with E-state index in [2.05, 4.69) is 5.32 Å². The van der Waals surface area contributed by atoms with Crippen LogP contribution in [0.4, 0.5) is 4.39 Å². The lowest BCUT2D eigenvalue weighted by molar-refractivity contribution is -0.169. The average molecular weight is 610 g/mol. The molecule has 2 aromatic rings. The van der Waals surface area contributed by atoms with E-state index in [1.165, 1.54) is 13.2 Å². The Labute approximate surface area is 259 Å². The normalized spacial score (nSPS) is 27.8. The number of carbonyl (C=O) groups excluding carboxylic acids is 3. The molecule has 2 bridgehead atoms. The number of hydrogen-bond acceptors (Lipinski definition) is 7. The smallest absolute Gasteiger partial charge is 0.312 e. The number of benzene rings is 2. The topological polar surface area (TPSA) is 100 Å². The molecule has 3 fully saturated rings. The highest BCUT2D eigenvalue weighted by Gasteiger charge is 2.52. The minimum atomic E-state index is -0.638. The quantitative estimate of drug-likeness (QED) is 0.329. The third kappa shape index (κ3) is 7.02. The Morgan fingerprint density at radius 3 is 2.32 bits per heavy atom. The number of amides is 1. The molecule has 3 saturated carbocycles. The van der Waals surface area contributed by atoms with Crippen molar-refractivity contribution in [2.24, 2.45) is 23.2 Å². The Kier molecular flexibility index (Phi) is 9.23.